The number of nitrogens with zero attached hydrogens (tertiary/aromatic N) is 3. The number of rotatable bonds is 3. The molecule has 1 N–H and O–H groups in total. The summed E-state index contributed by atoms with van der Waals surface area (Å²) in [5, 5.41) is 3.31. The lowest BCUT2D eigenvalue weighted by atomic mass is 9.99. The van der Waals surface area contributed by atoms with E-state index in [0.717, 1.165) is 30.9 Å². The van der Waals surface area contributed by atoms with Gasteiger partial charge in [-0.3, -0.25) is 4.98 Å². The first-order valence-corrected chi connectivity index (χ1v) is 6.27. The minimum absolute atomic E-state index is 0.449. The molecule has 1 fully saturated rings. The van der Waals surface area contributed by atoms with E-state index in [4.69, 9.17) is 4.98 Å². The lowest BCUT2D eigenvalue weighted by Crippen LogP contribution is -2.43. The third-order valence-electron chi connectivity index (χ3n) is 3.42. The highest BCUT2D eigenvalue weighted by Crippen LogP contribution is 2.22. The van der Waals surface area contributed by atoms with Crippen molar-refractivity contribution < 1.29 is 0 Å². The first-order chi connectivity index (χ1) is 8.25. The molecule has 4 nitrogen and oxygen atoms in total. The molecular weight excluding hydrogens is 212 g/mol. The van der Waals surface area contributed by atoms with Crippen molar-refractivity contribution in [3.05, 3.63) is 24.3 Å². The van der Waals surface area contributed by atoms with Crippen LogP contribution in [0.1, 0.15) is 25.7 Å². The number of imidazole rings is 1. The van der Waals surface area contributed by atoms with Crippen LogP contribution in [0.2, 0.25) is 0 Å². The van der Waals surface area contributed by atoms with E-state index in [1.54, 1.807) is 0 Å². The van der Waals surface area contributed by atoms with Gasteiger partial charge < -0.3 is 9.88 Å². The standard InChI is InChI=1S/C13H18N4/c1-9(2)17-12-3-4-14-8-11(12)16-13(17)5-10-6-15-7-10/h3-4,8-10,15H,5-7H2,1-2H3. The van der Waals surface area contributed by atoms with Crippen LogP contribution in [0.4, 0.5) is 0 Å². The molecule has 1 saturated heterocycles. The van der Waals surface area contributed by atoms with Gasteiger partial charge in [0.2, 0.25) is 0 Å². The SMILES string of the molecule is CC(C)n1c(CC2CNC2)nc2cnccc21. The minimum atomic E-state index is 0.449. The maximum absolute atomic E-state index is 4.73. The summed E-state index contributed by atoms with van der Waals surface area (Å²) in [5.41, 5.74) is 2.22. The Bertz CT molecular complexity index is 525. The largest absolute Gasteiger partial charge is 0.325 e. The first-order valence-electron chi connectivity index (χ1n) is 6.27. The van der Waals surface area contributed by atoms with Crippen LogP contribution in [0.15, 0.2) is 18.5 Å². The van der Waals surface area contributed by atoms with Crippen LogP contribution in [0.25, 0.3) is 11.0 Å². The maximum atomic E-state index is 4.73. The van der Waals surface area contributed by atoms with E-state index < -0.39 is 0 Å². The van der Waals surface area contributed by atoms with Gasteiger partial charge in [0.05, 0.1) is 11.7 Å². The van der Waals surface area contributed by atoms with Crippen molar-refractivity contribution in [2.75, 3.05) is 13.1 Å². The summed E-state index contributed by atoms with van der Waals surface area (Å²) in [6, 6.07) is 2.51. The molecule has 0 bridgehead atoms. The molecule has 2 aromatic heterocycles. The van der Waals surface area contributed by atoms with Gasteiger partial charge in [0.15, 0.2) is 0 Å². The van der Waals surface area contributed by atoms with Crippen LogP contribution in [0.5, 0.6) is 0 Å². The lowest BCUT2D eigenvalue weighted by Gasteiger charge is -2.27. The zero-order valence-corrected chi connectivity index (χ0v) is 10.3. The molecule has 4 heteroatoms. The summed E-state index contributed by atoms with van der Waals surface area (Å²) < 4.78 is 2.34. The number of aromatic nitrogens is 3. The van der Waals surface area contributed by atoms with E-state index in [9.17, 15) is 0 Å². The van der Waals surface area contributed by atoms with Crippen molar-refractivity contribution in [2.45, 2.75) is 26.3 Å². The molecule has 1 aliphatic heterocycles. The van der Waals surface area contributed by atoms with E-state index in [-0.39, 0.29) is 0 Å². The van der Waals surface area contributed by atoms with Gasteiger partial charge in [-0.05, 0) is 38.9 Å². The Labute approximate surface area is 101 Å². The second-order valence-corrected chi connectivity index (χ2v) is 5.08. The Morgan fingerprint density at radius 2 is 2.29 bits per heavy atom. The molecule has 0 saturated carbocycles. The average Bonchev–Trinajstić information content (AvgIpc) is 2.61. The van der Waals surface area contributed by atoms with Gasteiger partial charge in [-0.25, -0.2) is 4.98 Å². The molecule has 3 heterocycles. The van der Waals surface area contributed by atoms with Crippen molar-refractivity contribution in [3.63, 3.8) is 0 Å². The molecule has 3 rings (SSSR count). The molecule has 1 aliphatic rings. The van der Waals surface area contributed by atoms with Crippen molar-refractivity contribution >= 4 is 11.0 Å². The van der Waals surface area contributed by atoms with E-state index in [2.05, 4.69) is 34.8 Å². The van der Waals surface area contributed by atoms with Crippen LogP contribution < -0.4 is 5.32 Å². The first kappa shape index (κ1) is 10.7. The summed E-state index contributed by atoms with van der Waals surface area (Å²) in [7, 11) is 0. The van der Waals surface area contributed by atoms with Crippen LogP contribution in [0, 0.1) is 5.92 Å². The molecule has 90 valence electrons. The molecule has 0 aromatic carbocycles. The Kier molecular flexibility index (Phi) is 2.59. The van der Waals surface area contributed by atoms with E-state index >= 15 is 0 Å². The van der Waals surface area contributed by atoms with Crippen LogP contribution in [-0.2, 0) is 6.42 Å². The van der Waals surface area contributed by atoms with Gasteiger partial charge in [-0.2, -0.15) is 0 Å². The third kappa shape index (κ3) is 1.82. The Hall–Kier alpha value is -1.42. The third-order valence-corrected chi connectivity index (χ3v) is 3.42. The van der Waals surface area contributed by atoms with Crippen LogP contribution in [0.3, 0.4) is 0 Å². The average molecular weight is 230 g/mol. The molecule has 0 radical (unpaired) electrons. The number of nitrogens with one attached hydrogen (secondary N) is 1. The molecule has 0 unspecified atom stereocenters. The van der Waals surface area contributed by atoms with Gasteiger partial charge in [0.1, 0.15) is 11.3 Å². The van der Waals surface area contributed by atoms with Crippen molar-refractivity contribution in [1.29, 1.82) is 0 Å². The maximum Gasteiger partial charge on any atom is 0.110 e. The Morgan fingerprint density at radius 1 is 1.47 bits per heavy atom. The smallest absolute Gasteiger partial charge is 0.110 e. The van der Waals surface area contributed by atoms with E-state index in [0.29, 0.717) is 6.04 Å². The number of hydrogen-bond acceptors (Lipinski definition) is 3. The van der Waals surface area contributed by atoms with Gasteiger partial charge in [-0.15, -0.1) is 0 Å². The molecule has 0 spiro atoms. The van der Waals surface area contributed by atoms with E-state index in [1.165, 1.54) is 11.3 Å². The topological polar surface area (TPSA) is 42.7 Å². The Morgan fingerprint density at radius 3 is 2.94 bits per heavy atom. The second kappa shape index (κ2) is 4.11. The minimum Gasteiger partial charge on any atom is -0.325 e. The molecule has 0 aliphatic carbocycles. The number of fused-ring (bicyclic) bond motifs is 1. The fourth-order valence-electron chi connectivity index (χ4n) is 2.47. The molecule has 17 heavy (non-hydrogen) atoms. The molecule has 0 amide bonds. The molecule has 2 aromatic rings. The summed E-state index contributed by atoms with van der Waals surface area (Å²) in [6.45, 7) is 6.67. The number of pyridine rings is 1. The summed E-state index contributed by atoms with van der Waals surface area (Å²) in [5.74, 6) is 1.95. The fraction of sp³-hybridized carbons (Fsp3) is 0.538. The highest BCUT2D eigenvalue weighted by atomic mass is 15.1. The highest BCUT2D eigenvalue weighted by Gasteiger charge is 2.21. The predicted molar refractivity (Wildman–Crippen MR) is 68.0 cm³/mol. The quantitative estimate of drug-likeness (QED) is 0.874. The predicted octanol–water partition coefficient (Wildman–Crippen LogP) is 1.77. The zero-order valence-electron chi connectivity index (χ0n) is 10.3. The summed E-state index contributed by atoms with van der Waals surface area (Å²) in [4.78, 5) is 8.88. The Balaban J connectivity index is 2.05. The van der Waals surface area contributed by atoms with Crippen molar-refractivity contribution in [2.24, 2.45) is 5.92 Å². The van der Waals surface area contributed by atoms with E-state index in [1.807, 2.05) is 12.4 Å². The van der Waals surface area contributed by atoms with Crippen molar-refractivity contribution in [3.8, 4) is 0 Å². The van der Waals surface area contributed by atoms with Gasteiger partial charge >= 0.3 is 0 Å². The monoisotopic (exact) mass is 230 g/mol. The van der Waals surface area contributed by atoms with Crippen LogP contribution >= 0.6 is 0 Å². The van der Waals surface area contributed by atoms with Gasteiger partial charge in [0.25, 0.3) is 0 Å². The van der Waals surface area contributed by atoms with Crippen molar-refractivity contribution in [1.82, 2.24) is 19.9 Å². The highest BCUT2D eigenvalue weighted by molar-refractivity contribution is 5.74. The normalized spacial score (nSPS) is 16.6. The zero-order chi connectivity index (χ0) is 11.8. The van der Waals surface area contributed by atoms with Gasteiger partial charge in [-0.1, -0.05) is 0 Å². The summed E-state index contributed by atoms with van der Waals surface area (Å²) in [6.07, 6.45) is 4.77. The van der Waals surface area contributed by atoms with Crippen LogP contribution in [-0.4, -0.2) is 27.6 Å². The van der Waals surface area contributed by atoms with Gasteiger partial charge in [0, 0.05) is 18.7 Å². The fourth-order valence-corrected chi connectivity index (χ4v) is 2.47. The summed E-state index contributed by atoms with van der Waals surface area (Å²) >= 11 is 0. The second-order valence-electron chi connectivity index (χ2n) is 5.08. The molecule has 0 atom stereocenters. The molecular formula is C13H18N4. The lowest BCUT2D eigenvalue weighted by molar-refractivity contribution is 0.335. The number of hydrogen-bond donors (Lipinski definition) is 1.